The van der Waals surface area contributed by atoms with Gasteiger partial charge >= 0.3 is 0 Å². The molecule has 1 spiro atoms. The van der Waals surface area contributed by atoms with E-state index in [0.29, 0.717) is 11.3 Å². The Morgan fingerprint density at radius 1 is 1.27 bits per heavy atom. The van der Waals surface area contributed by atoms with Gasteiger partial charge in [-0.1, -0.05) is 0 Å². The number of hydrogen-bond acceptors (Lipinski definition) is 3. The Morgan fingerprint density at radius 3 is 2.33 bits per heavy atom. The molecule has 3 fully saturated rings. The maximum Gasteiger partial charge on any atom is 0.228 e. The van der Waals surface area contributed by atoms with E-state index in [-0.39, 0.29) is 5.92 Å². The molecule has 0 aromatic heterocycles. The normalized spacial score (nSPS) is 29.7. The minimum Gasteiger partial charge on any atom is -0.380 e. The van der Waals surface area contributed by atoms with Crippen LogP contribution in [0.1, 0.15) is 12.8 Å². The van der Waals surface area contributed by atoms with Gasteiger partial charge in [-0.25, -0.2) is 0 Å². The van der Waals surface area contributed by atoms with Crippen LogP contribution in [0, 0.1) is 11.3 Å². The molecule has 3 heterocycles. The summed E-state index contributed by atoms with van der Waals surface area (Å²) < 4.78 is 5.28. The Labute approximate surface area is 90.0 Å². The van der Waals surface area contributed by atoms with Gasteiger partial charge in [-0.2, -0.15) is 0 Å². The summed E-state index contributed by atoms with van der Waals surface area (Å²) >= 11 is 0. The molecular formula is C11H18N2O2. The van der Waals surface area contributed by atoms with E-state index < -0.39 is 0 Å². The first-order valence-electron chi connectivity index (χ1n) is 5.86. The average molecular weight is 210 g/mol. The zero-order chi connectivity index (χ0) is 10.3. The van der Waals surface area contributed by atoms with Crippen LogP contribution < -0.4 is 5.32 Å². The van der Waals surface area contributed by atoms with Crippen LogP contribution in [0.15, 0.2) is 0 Å². The van der Waals surface area contributed by atoms with Gasteiger partial charge < -0.3 is 15.0 Å². The summed E-state index contributed by atoms with van der Waals surface area (Å²) in [6, 6.07) is 0. The third-order valence-corrected chi connectivity index (χ3v) is 4.08. The molecule has 0 atom stereocenters. The third kappa shape index (κ3) is 1.56. The number of hydrogen-bond donors (Lipinski definition) is 1. The number of likely N-dealkylation sites (tertiary alicyclic amines) is 1. The van der Waals surface area contributed by atoms with Gasteiger partial charge in [-0.05, 0) is 12.8 Å². The molecule has 3 aliphatic rings. The van der Waals surface area contributed by atoms with Crippen LogP contribution in [0.4, 0.5) is 0 Å². The molecule has 0 radical (unpaired) electrons. The molecule has 3 saturated heterocycles. The molecule has 84 valence electrons. The van der Waals surface area contributed by atoms with Crippen LogP contribution in [-0.2, 0) is 9.53 Å². The van der Waals surface area contributed by atoms with E-state index in [2.05, 4.69) is 10.2 Å². The quantitative estimate of drug-likeness (QED) is 0.654. The molecule has 1 amide bonds. The van der Waals surface area contributed by atoms with Crippen molar-refractivity contribution in [1.29, 1.82) is 0 Å². The fraction of sp³-hybridized carbons (Fsp3) is 0.909. The molecule has 3 aliphatic heterocycles. The minimum atomic E-state index is 0.261. The number of piperidine rings is 1. The second-order valence-corrected chi connectivity index (χ2v) is 5.17. The van der Waals surface area contributed by atoms with Crippen molar-refractivity contribution in [3.8, 4) is 0 Å². The van der Waals surface area contributed by atoms with Gasteiger partial charge in [0.25, 0.3) is 0 Å². The number of carbonyl (C=O) groups excluding carboxylic acids is 1. The highest BCUT2D eigenvalue weighted by atomic mass is 16.5. The summed E-state index contributed by atoms with van der Waals surface area (Å²) in [4.78, 5) is 14.0. The lowest BCUT2D eigenvalue weighted by atomic mass is 9.76. The highest BCUT2D eigenvalue weighted by molar-refractivity contribution is 5.80. The van der Waals surface area contributed by atoms with E-state index in [9.17, 15) is 4.79 Å². The second kappa shape index (κ2) is 3.46. The number of ether oxygens (including phenoxy) is 1. The Bertz CT molecular complexity index is 262. The van der Waals surface area contributed by atoms with Crippen molar-refractivity contribution in [2.75, 3.05) is 39.4 Å². The SMILES string of the molecule is O=C(C1CNC1)N1CCC2(CC1)COC2. The van der Waals surface area contributed by atoms with Crippen molar-refractivity contribution in [3.05, 3.63) is 0 Å². The predicted octanol–water partition coefficient (Wildman–Crippen LogP) is -0.155. The molecule has 0 aromatic rings. The predicted molar refractivity (Wildman–Crippen MR) is 55.4 cm³/mol. The Kier molecular flexibility index (Phi) is 2.21. The summed E-state index contributed by atoms with van der Waals surface area (Å²) in [5, 5.41) is 3.15. The zero-order valence-electron chi connectivity index (χ0n) is 9.00. The number of amides is 1. The number of carbonyl (C=O) groups is 1. The molecule has 0 bridgehead atoms. The fourth-order valence-corrected chi connectivity index (χ4v) is 2.60. The van der Waals surface area contributed by atoms with Crippen LogP contribution in [0.25, 0.3) is 0 Å². The van der Waals surface area contributed by atoms with Gasteiger partial charge in [0.15, 0.2) is 0 Å². The van der Waals surface area contributed by atoms with E-state index in [4.69, 9.17) is 4.74 Å². The van der Waals surface area contributed by atoms with Crippen molar-refractivity contribution in [2.45, 2.75) is 12.8 Å². The summed E-state index contributed by atoms with van der Waals surface area (Å²) in [5.74, 6) is 0.625. The highest BCUT2D eigenvalue weighted by Crippen LogP contribution is 2.38. The van der Waals surface area contributed by atoms with E-state index in [0.717, 1.165) is 52.2 Å². The zero-order valence-corrected chi connectivity index (χ0v) is 9.00. The van der Waals surface area contributed by atoms with Crippen molar-refractivity contribution in [3.63, 3.8) is 0 Å². The van der Waals surface area contributed by atoms with E-state index in [1.165, 1.54) is 0 Å². The molecule has 4 nitrogen and oxygen atoms in total. The first kappa shape index (κ1) is 9.60. The molecule has 0 unspecified atom stereocenters. The highest BCUT2D eigenvalue weighted by Gasteiger charge is 2.43. The number of nitrogens with one attached hydrogen (secondary N) is 1. The van der Waals surface area contributed by atoms with E-state index in [1.54, 1.807) is 0 Å². The van der Waals surface area contributed by atoms with Crippen molar-refractivity contribution in [2.24, 2.45) is 11.3 Å². The number of rotatable bonds is 1. The van der Waals surface area contributed by atoms with Gasteiger partial charge in [-0.15, -0.1) is 0 Å². The average Bonchev–Trinajstić information content (AvgIpc) is 2.13. The minimum absolute atomic E-state index is 0.261. The summed E-state index contributed by atoms with van der Waals surface area (Å²) in [6.45, 7) is 5.48. The standard InChI is InChI=1S/C11H18N2O2/c14-10(9-5-12-6-9)13-3-1-11(2-4-13)7-15-8-11/h9,12H,1-8H2. The smallest absolute Gasteiger partial charge is 0.228 e. The van der Waals surface area contributed by atoms with Gasteiger partial charge in [0.2, 0.25) is 5.91 Å². The lowest BCUT2D eigenvalue weighted by Gasteiger charge is -2.48. The van der Waals surface area contributed by atoms with Crippen LogP contribution >= 0.6 is 0 Å². The molecule has 15 heavy (non-hydrogen) atoms. The Morgan fingerprint density at radius 2 is 1.93 bits per heavy atom. The maximum absolute atomic E-state index is 12.0. The molecule has 0 aliphatic carbocycles. The monoisotopic (exact) mass is 210 g/mol. The third-order valence-electron chi connectivity index (χ3n) is 4.08. The summed E-state index contributed by atoms with van der Waals surface area (Å²) in [5.41, 5.74) is 0.439. The Hall–Kier alpha value is -0.610. The number of nitrogens with zero attached hydrogens (tertiary/aromatic N) is 1. The van der Waals surface area contributed by atoms with Crippen molar-refractivity contribution >= 4 is 5.91 Å². The van der Waals surface area contributed by atoms with Crippen molar-refractivity contribution in [1.82, 2.24) is 10.2 Å². The van der Waals surface area contributed by atoms with Crippen LogP contribution in [-0.4, -0.2) is 50.2 Å². The molecular weight excluding hydrogens is 192 g/mol. The van der Waals surface area contributed by atoms with Crippen LogP contribution in [0.3, 0.4) is 0 Å². The summed E-state index contributed by atoms with van der Waals surface area (Å²) in [7, 11) is 0. The molecule has 0 saturated carbocycles. The van der Waals surface area contributed by atoms with Crippen molar-refractivity contribution < 1.29 is 9.53 Å². The molecule has 4 heteroatoms. The lowest BCUT2D eigenvalue weighted by molar-refractivity contribution is -0.156. The Balaban J connectivity index is 1.54. The van der Waals surface area contributed by atoms with Gasteiger partial charge in [0.1, 0.15) is 0 Å². The fourth-order valence-electron chi connectivity index (χ4n) is 2.60. The van der Waals surface area contributed by atoms with Crippen LogP contribution in [0.5, 0.6) is 0 Å². The maximum atomic E-state index is 12.0. The topological polar surface area (TPSA) is 41.6 Å². The molecule has 0 aromatic carbocycles. The summed E-state index contributed by atoms with van der Waals surface area (Å²) in [6.07, 6.45) is 2.28. The second-order valence-electron chi connectivity index (χ2n) is 5.17. The molecule has 1 N–H and O–H groups in total. The van der Waals surface area contributed by atoms with Gasteiger partial charge in [0, 0.05) is 31.6 Å². The van der Waals surface area contributed by atoms with E-state index in [1.807, 2.05) is 0 Å². The van der Waals surface area contributed by atoms with E-state index >= 15 is 0 Å². The largest absolute Gasteiger partial charge is 0.380 e. The van der Waals surface area contributed by atoms with Gasteiger partial charge in [0.05, 0.1) is 19.1 Å². The van der Waals surface area contributed by atoms with Gasteiger partial charge in [-0.3, -0.25) is 4.79 Å². The van der Waals surface area contributed by atoms with Crippen LogP contribution in [0.2, 0.25) is 0 Å². The first-order chi connectivity index (χ1) is 7.29. The molecule has 3 rings (SSSR count). The lowest BCUT2D eigenvalue weighted by Crippen LogP contribution is -2.57. The first-order valence-corrected chi connectivity index (χ1v) is 5.86.